The van der Waals surface area contributed by atoms with E-state index in [4.69, 9.17) is 4.98 Å². The predicted octanol–water partition coefficient (Wildman–Crippen LogP) is 10.8. The molecule has 1 radical (unpaired) electrons. The molecule has 45 heavy (non-hydrogen) atoms. The third kappa shape index (κ3) is 4.15. The number of hydrogen-bond donors (Lipinski definition) is 0. The number of rotatable bonds is 3. The molecule has 2 nitrogen and oxygen atoms in total. The van der Waals surface area contributed by atoms with Gasteiger partial charge in [0.1, 0.15) is 0 Å². The van der Waals surface area contributed by atoms with E-state index in [0.717, 1.165) is 16.6 Å². The third-order valence-corrected chi connectivity index (χ3v) is 9.52. The Bertz CT molecular complexity index is 2410. The largest absolute Gasteiger partial charge is 0.309 e. The van der Waals surface area contributed by atoms with Gasteiger partial charge in [-0.25, -0.2) is 0 Å². The topological polar surface area (TPSA) is 17.8 Å². The minimum absolute atomic E-state index is 0. The third-order valence-electron chi connectivity index (χ3n) is 9.52. The van der Waals surface area contributed by atoms with Crippen LogP contribution in [-0.2, 0) is 25.5 Å². The molecule has 0 atom stereocenters. The molecule has 3 heterocycles. The molecule has 217 valence electrons. The van der Waals surface area contributed by atoms with E-state index in [1.165, 1.54) is 66.3 Å². The molecule has 9 rings (SSSR count). The maximum Gasteiger partial charge on any atom is 0.0582 e. The number of pyridine rings is 1. The van der Waals surface area contributed by atoms with Crippen LogP contribution in [0.4, 0.5) is 0 Å². The number of aromatic nitrogens is 2. The van der Waals surface area contributed by atoms with Crippen LogP contribution in [0.25, 0.3) is 71.8 Å². The summed E-state index contributed by atoms with van der Waals surface area (Å²) in [5.41, 5.74) is 13.1. The minimum Gasteiger partial charge on any atom is -0.309 e. The predicted molar refractivity (Wildman–Crippen MR) is 183 cm³/mol. The van der Waals surface area contributed by atoms with Crippen LogP contribution in [0.2, 0.25) is 0 Å². The Hall–Kier alpha value is -4.82. The molecule has 0 unspecified atom stereocenters. The smallest absolute Gasteiger partial charge is 0.0582 e. The van der Waals surface area contributed by atoms with Crippen molar-refractivity contribution in [3.63, 3.8) is 0 Å². The van der Waals surface area contributed by atoms with Crippen LogP contribution < -0.4 is 0 Å². The van der Waals surface area contributed by atoms with Crippen molar-refractivity contribution in [2.45, 2.75) is 19.3 Å². The summed E-state index contributed by atoms with van der Waals surface area (Å²) >= 11 is 0. The fourth-order valence-corrected chi connectivity index (χ4v) is 7.31. The summed E-state index contributed by atoms with van der Waals surface area (Å²) in [5, 5.41) is 4.88. The second-order valence-electron chi connectivity index (χ2n) is 12.4. The van der Waals surface area contributed by atoms with E-state index in [0.29, 0.717) is 0 Å². The monoisotopic (exact) mass is 754 g/mol. The molecule has 0 fully saturated rings. The second-order valence-corrected chi connectivity index (χ2v) is 12.4. The first-order valence-corrected chi connectivity index (χ1v) is 15.2. The van der Waals surface area contributed by atoms with Crippen molar-refractivity contribution in [2.75, 3.05) is 0 Å². The quantitative estimate of drug-likeness (QED) is 0.164. The van der Waals surface area contributed by atoms with Gasteiger partial charge < -0.3 is 9.55 Å². The van der Waals surface area contributed by atoms with Crippen molar-refractivity contribution in [3.8, 4) is 39.2 Å². The molecular weight excluding hydrogens is 725 g/mol. The zero-order valence-corrected chi connectivity index (χ0v) is 27.4. The number of fused-ring (bicyclic) bond motifs is 6. The Morgan fingerprint density at radius 2 is 1.36 bits per heavy atom. The summed E-state index contributed by atoms with van der Waals surface area (Å²) in [4.78, 5) is 4.80. The standard InChI is InChI=1S/C42H29N2.Ir/c1-42(2)36-17-8-9-18-39(36)44-38-20-19-30(27-11-4-3-5-12-27)24-34(38)35-25-32(26-37(42)41(35)44)29-14-10-15-31(23-29)40-33-16-7-6-13-28(33)21-22-43-40;/h3-14,16-26H,1-2H3;/q-1;. The van der Waals surface area contributed by atoms with Gasteiger partial charge in [0.25, 0.3) is 0 Å². The molecule has 0 spiro atoms. The van der Waals surface area contributed by atoms with Crippen LogP contribution in [0, 0.1) is 6.07 Å². The maximum atomic E-state index is 4.80. The Labute approximate surface area is 276 Å². The molecule has 0 aliphatic carbocycles. The van der Waals surface area contributed by atoms with Crippen LogP contribution in [0.15, 0.2) is 140 Å². The van der Waals surface area contributed by atoms with Gasteiger partial charge in [-0.05, 0) is 80.7 Å². The van der Waals surface area contributed by atoms with Gasteiger partial charge in [0.15, 0.2) is 0 Å². The molecular formula is C42H29IrN2-. The van der Waals surface area contributed by atoms with Crippen LogP contribution >= 0.6 is 0 Å². The molecule has 0 N–H and O–H groups in total. The molecule has 0 amide bonds. The molecule has 6 aromatic carbocycles. The summed E-state index contributed by atoms with van der Waals surface area (Å²) in [5.74, 6) is 0. The molecule has 8 aromatic rings. The van der Waals surface area contributed by atoms with Gasteiger partial charge in [-0.2, -0.15) is 0 Å². The van der Waals surface area contributed by atoms with Crippen molar-refractivity contribution >= 4 is 32.6 Å². The average molecular weight is 754 g/mol. The Balaban J connectivity index is 0.00000300. The Kier molecular flexibility index (Phi) is 6.39. The van der Waals surface area contributed by atoms with E-state index < -0.39 is 0 Å². The maximum absolute atomic E-state index is 4.80. The van der Waals surface area contributed by atoms with Gasteiger partial charge in [-0.3, -0.25) is 0 Å². The molecule has 0 saturated carbocycles. The first kappa shape index (κ1) is 27.7. The van der Waals surface area contributed by atoms with Crippen molar-refractivity contribution in [1.29, 1.82) is 0 Å². The van der Waals surface area contributed by atoms with Crippen LogP contribution in [-0.4, -0.2) is 9.55 Å². The van der Waals surface area contributed by atoms with Crippen molar-refractivity contribution in [1.82, 2.24) is 9.55 Å². The fourth-order valence-electron chi connectivity index (χ4n) is 7.31. The zero-order chi connectivity index (χ0) is 29.4. The second kappa shape index (κ2) is 10.4. The summed E-state index contributed by atoms with van der Waals surface area (Å²) in [6.45, 7) is 4.73. The Morgan fingerprint density at radius 1 is 0.600 bits per heavy atom. The van der Waals surface area contributed by atoms with Crippen LogP contribution in [0.5, 0.6) is 0 Å². The van der Waals surface area contributed by atoms with E-state index in [1.54, 1.807) is 0 Å². The number of hydrogen-bond acceptors (Lipinski definition) is 1. The molecule has 1 aliphatic heterocycles. The minimum atomic E-state index is -0.168. The zero-order valence-electron chi connectivity index (χ0n) is 25.0. The molecule has 2 aromatic heterocycles. The summed E-state index contributed by atoms with van der Waals surface area (Å²) < 4.78 is 2.49. The van der Waals surface area contributed by atoms with Gasteiger partial charge in [-0.15, -0.1) is 35.4 Å². The van der Waals surface area contributed by atoms with E-state index in [2.05, 4.69) is 152 Å². The van der Waals surface area contributed by atoms with Crippen molar-refractivity contribution in [2.24, 2.45) is 0 Å². The Morgan fingerprint density at radius 3 is 2.24 bits per heavy atom. The van der Waals surface area contributed by atoms with Crippen molar-refractivity contribution < 1.29 is 20.1 Å². The van der Waals surface area contributed by atoms with Crippen molar-refractivity contribution in [3.05, 3.63) is 157 Å². The number of nitrogens with zero attached hydrogens (tertiary/aromatic N) is 2. The molecule has 1 aliphatic rings. The van der Waals surface area contributed by atoms with Gasteiger partial charge in [0.2, 0.25) is 0 Å². The van der Waals surface area contributed by atoms with E-state index in [1.807, 2.05) is 12.3 Å². The SMILES string of the molecule is CC1(C)c2ccccc2-n2c3ccc(-c4ccccc4)cc3c3cc(-c4cc[c-]c(-c5nccc6ccccc56)c4)cc1c32.[Ir]. The average Bonchev–Trinajstić information content (AvgIpc) is 3.41. The molecule has 3 heteroatoms. The number of benzene rings is 6. The van der Waals surface area contributed by atoms with E-state index >= 15 is 0 Å². The van der Waals surface area contributed by atoms with E-state index in [9.17, 15) is 0 Å². The first-order chi connectivity index (χ1) is 21.6. The van der Waals surface area contributed by atoms with Gasteiger partial charge in [-0.1, -0.05) is 92.7 Å². The summed E-state index contributed by atoms with van der Waals surface area (Å²) in [6, 6.07) is 51.8. The van der Waals surface area contributed by atoms with Gasteiger partial charge in [0, 0.05) is 42.5 Å². The molecule has 0 saturated heterocycles. The summed E-state index contributed by atoms with van der Waals surface area (Å²) in [6.07, 6.45) is 1.90. The fraction of sp³-hybridized carbons (Fsp3) is 0.0714. The van der Waals surface area contributed by atoms with E-state index in [-0.39, 0.29) is 25.5 Å². The molecule has 0 bridgehead atoms. The normalized spacial score (nSPS) is 13.1. The first-order valence-electron chi connectivity index (χ1n) is 15.2. The van der Waals surface area contributed by atoms with Crippen LogP contribution in [0.3, 0.4) is 0 Å². The number of para-hydroxylation sites is 1. The van der Waals surface area contributed by atoms with Gasteiger partial charge >= 0.3 is 0 Å². The summed E-state index contributed by atoms with van der Waals surface area (Å²) in [7, 11) is 0. The van der Waals surface area contributed by atoms with Crippen LogP contribution in [0.1, 0.15) is 25.0 Å². The van der Waals surface area contributed by atoms with Gasteiger partial charge in [0.05, 0.1) is 16.7 Å².